The SMILES string of the molecule is NC(=NCc1cccc(C(F)(F)F)c1)NCC1CCC(F)(F)C1. The Labute approximate surface area is 130 Å². The van der Waals surface area contributed by atoms with E-state index in [9.17, 15) is 22.0 Å². The number of nitrogens with two attached hydrogens (primary N) is 1. The van der Waals surface area contributed by atoms with Crippen molar-refractivity contribution < 1.29 is 22.0 Å². The fraction of sp³-hybridized carbons (Fsp3) is 0.533. The molecule has 0 bridgehead atoms. The van der Waals surface area contributed by atoms with Gasteiger partial charge in [0.1, 0.15) is 0 Å². The largest absolute Gasteiger partial charge is 0.416 e. The zero-order valence-corrected chi connectivity index (χ0v) is 12.3. The number of rotatable bonds is 4. The van der Waals surface area contributed by atoms with Gasteiger partial charge in [0.05, 0.1) is 12.1 Å². The van der Waals surface area contributed by atoms with Crippen molar-refractivity contribution in [2.75, 3.05) is 6.54 Å². The molecule has 2 rings (SSSR count). The Hall–Kier alpha value is -1.86. The molecular formula is C15H18F5N3. The molecular weight excluding hydrogens is 317 g/mol. The van der Waals surface area contributed by atoms with E-state index < -0.39 is 17.7 Å². The molecule has 1 saturated carbocycles. The summed E-state index contributed by atoms with van der Waals surface area (Å²) in [5.41, 5.74) is 5.25. The van der Waals surface area contributed by atoms with Crippen molar-refractivity contribution in [2.24, 2.45) is 16.6 Å². The van der Waals surface area contributed by atoms with Crippen LogP contribution in [0.1, 0.15) is 30.4 Å². The number of nitrogens with one attached hydrogen (secondary N) is 1. The minimum absolute atomic E-state index is 0.0103. The average Bonchev–Trinajstić information content (AvgIpc) is 2.82. The molecule has 23 heavy (non-hydrogen) atoms. The third kappa shape index (κ3) is 5.37. The summed E-state index contributed by atoms with van der Waals surface area (Å²) in [5.74, 6) is -2.75. The maximum atomic E-state index is 13.0. The van der Waals surface area contributed by atoms with E-state index in [1.807, 2.05) is 0 Å². The molecule has 1 aromatic carbocycles. The normalized spacial score (nSPS) is 21.4. The summed E-state index contributed by atoms with van der Waals surface area (Å²) in [5, 5.41) is 2.75. The summed E-state index contributed by atoms with van der Waals surface area (Å²) < 4.78 is 63.8. The molecule has 1 aromatic rings. The van der Waals surface area contributed by atoms with Gasteiger partial charge in [-0.05, 0) is 30.0 Å². The number of alkyl halides is 5. The van der Waals surface area contributed by atoms with Crippen LogP contribution in [-0.2, 0) is 12.7 Å². The van der Waals surface area contributed by atoms with E-state index in [2.05, 4.69) is 10.3 Å². The Balaban J connectivity index is 1.85. The van der Waals surface area contributed by atoms with Gasteiger partial charge in [-0.15, -0.1) is 0 Å². The van der Waals surface area contributed by atoms with Crippen molar-refractivity contribution in [1.82, 2.24) is 5.32 Å². The molecule has 1 fully saturated rings. The zero-order chi connectivity index (χ0) is 17.1. The Morgan fingerprint density at radius 3 is 2.70 bits per heavy atom. The second kappa shape index (κ2) is 6.72. The van der Waals surface area contributed by atoms with Crippen LogP contribution in [0.3, 0.4) is 0 Å². The van der Waals surface area contributed by atoms with E-state index >= 15 is 0 Å². The molecule has 0 heterocycles. The first-order valence-corrected chi connectivity index (χ1v) is 7.23. The van der Waals surface area contributed by atoms with Gasteiger partial charge in [0.15, 0.2) is 5.96 Å². The molecule has 128 valence electrons. The minimum Gasteiger partial charge on any atom is -0.370 e. The number of nitrogens with zero attached hydrogens (tertiary/aromatic N) is 1. The Kier molecular flexibility index (Phi) is 5.11. The maximum Gasteiger partial charge on any atom is 0.416 e. The van der Waals surface area contributed by atoms with Gasteiger partial charge < -0.3 is 11.1 Å². The highest BCUT2D eigenvalue weighted by molar-refractivity contribution is 5.77. The monoisotopic (exact) mass is 335 g/mol. The smallest absolute Gasteiger partial charge is 0.370 e. The Bertz CT molecular complexity index is 568. The Morgan fingerprint density at radius 1 is 1.35 bits per heavy atom. The summed E-state index contributed by atoms with van der Waals surface area (Å²) in [6.07, 6.45) is -4.29. The highest BCUT2D eigenvalue weighted by Crippen LogP contribution is 2.38. The van der Waals surface area contributed by atoms with Crippen molar-refractivity contribution >= 4 is 5.96 Å². The van der Waals surface area contributed by atoms with Crippen LogP contribution in [0.5, 0.6) is 0 Å². The van der Waals surface area contributed by atoms with Crippen LogP contribution in [0.25, 0.3) is 0 Å². The molecule has 0 amide bonds. The minimum atomic E-state index is -4.41. The molecule has 0 saturated heterocycles. The van der Waals surface area contributed by atoms with Crippen LogP contribution in [0.15, 0.2) is 29.3 Å². The summed E-state index contributed by atoms with van der Waals surface area (Å²) in [6, 6.07) is 4.81. The molecule has 0 aliphatic heterocycles. The second-order valence-corrected chi connectivity index (χ2v) is 5.75. The first kappa shape index (κ1) is 17.5. The number of halogens is 5. The molecule has 3 N–H and O–H groups in total. The lowest BCUT2D eigenvalue weighted by Crippen LogP contribution is -2.35. The molecule has 1 aliphatic carbocycles. The highest BCUT2D eigenvalue weighted by atomic mass is 19.4. The van der Waals surface area contributed by atoms with E-state index in [-0.39, 0.29) is 37.8 Å². The van der Waals surface area contributed by atoms with E-state index in [0.29, 0.717) is 12.0 Å². The van der Waals surface area contributed by atoms with Gasteiger partial charge in [0, 0.05) is 19.4 Å². The van der Waals surface area contributed by atoms with Crippen molar-refractivity contribution in [1.29, 1.82) is 0 Å². The number of hydrogen-bond donors (Lipinski definition) is 2. The highest BCUT2D eigenvalue weighted by Gasteiger charge is 2.39. The van der Waals surface area contributed by atoms with Gasteiger partial charge in [0.25, 0.3) is 0 Å². The van der Waals surface area contributed by atoms with E-state index in [0.717, 1.165) is 12.1 Å². The number of guanidine groups is 1. The van der Waals surface area contributed by atoms with Gasteiger partial charge >= 0.3 is 6.18 Å². The van der Waals surface area contributed by atoms with Crippen LogP contribution < -0.4 is 11.1 Å². The van der Waals surface area contributed by atoms with Crippen LogP contribution in [0, 0.1) is 5.92 Å². The number of benzene rings is 1. The van der Waals surface area contributed by atoms with Crippen LogP contribution >= 0.6 is 0 Å². The van der Waals surface area contributed by atoms with Crippen LogP contribution in [-0.4, -0.2) is 18.4 Å². The lowest BCUT2D eigenvalue weighted by atomic mass is 10.1. The first-order valence-electron chi connectivity index (χ1n) is 7.23. The summed E-state index contributed by atoms with van der Waals surface area (Å²) in [7, 11) is 0. The predicted octanol–water partition coefficient (Wildman–Crippen LogP) is 3.55. The van der Waals surface area contributed by atoms with Crippen molar-refractivity contribution in [3.8, 4) is 0 Å². The molecule has 0 aromatic heterocycles. The maximum absolute atomic E-state index is 13.0. The molecule has 1 atom stereocenters. The van der Waals surface area contributed by atoms with Gasteiger partial charge in [-0.25, -0.2) is 13.8 Å². The molecule has 0 spiro atoms. The fourth-order valence-electron chi connectivity index (χ4n) is 2.54. The Morgan fingerprint density at radius 2 is 2.09 bits per heavy atom. The van der Waals surface area contributed by atoms with Gasteiger partial charge in [0.2, 0.25) is 5.92 Å². The van der Waals surface area contributed by atoms with E-state index in [1.54, 1.807) is 0 Å². The van der Waals surface area contributed by atoms with Crippen molar-refractivity contribution in [3.05, 3.63) is 35.4 Å². The zero-order valence-electron chi connectivity index (χ0n) is 12.3. The number of aliphatic imine (C=N–C) groups is 1. The van der Waals surface area contributed by atoms with E-state index in [1.165, 1.54) is 12.1 Å². The summed E-state index contributed by atoms with van der Waals surface area (Å²) in [4.78, 5) is 3.94. The van der Waals surface area contributed by atoms with Gasteiger partial charge in [-0.3, -0.25) is 0 Å². The standard InChI is InChI=1S/C15H18F5N3/c16-14(17)5-4-11(7-14)9-23-13(21)22-8-10-2-1-3-12(6-10)15(18,19)20/h1-3,6,11H,4-5,7-9H2,(H3,21,22,23). The predicted molar refractivity (Wildman–Crippen MR) is 77.1 cm³/mol. The van der Waals surface area contributed by atoms with Gasteiger partial charge in [-0.2, -0.15) is 13.2 Å². The number of hydrogen-bond acceptors (Lipinski definition) is 1. The molecule has 0 radical (unpaired) electrons. The first-order chi connectivity index (χ1) is 10.7. The topological polar surface area (TPSA) is 50.4 Å². The van der Waals surface area contributed by atoms with Crippen LogP contribution in [0.2, 0.25) is 0 Å². The lowest BCUT2D eigenvalue weighted by molar-refractivity contribution is -0.137. The fourth-order valence-corrected chi connectivity index (χ4v) is 2.54. The second-order valence-electron chi connectivity index (χ2n) is 5.75. The molecule has 3 nitrogen and oxygen atoms in total. The van der Waals surface area contributed by atoms with Crippen LogP contribution in [0.4, 0.5) is 22.0 Å². The molecule has 1 unspecified atom stereocenters. The van der Waals surface area contributed by atoms with Gasteiger partial charge in [-0.1, -0.05) is 12.1 Å². The summed E-state index contributed by atoms with van der Waals surface area (Å²) >= 11 is 0. The summed E-state index contributed by atoms with van der Waals surface area (Å²) in [6.45, 7) is 0.275. The average molecular weight is 335 g/mol. The molecule has 1 aliphatic rings. The third-order valence-corrected chi connectivity index (χ3v) is 3.76. The third-order valence-electron chi connectivity index (χ3n) is 3.76. The van der Waals surface area contributed by atoms with Crippen molar-refractivity contribution in [2.45, 2.75) is 37.9 Å². The lowest BCUT2D eigenvalue weighted by Gasteiger charge is -2.12. The van der Waals surface area contributed by atoms with E-state index in [4.69, 9.17) is 5.73 Å². The quantitative estimate of drug-likeness (QED) is 0.502. The van der Waals surface area contributed by atoms with Crippen molar-refractivity contribution in [3.63, 3.8) is 0 Å². The molecule has 8 heteroatoms.